The summed E-state index contributed by atoms with van der Waals surface area (Å²) in [7, 11) is 0. The lowest BCUT2D eigenvalue weighted by Crippen LogP contribution is -2.42. The fourth-order valence-electron chi connectivity index (χ4n) is 3.70. The molecule has 0 aliphatic carbocycles. The monoisotopic (exact) mass is 446 g/mol. The zero-order valence-corrected chi connectivity index (χ0v) is 17.7. The van der Waals surface area contributed by atoms with Crippen LogP contribution in [0.25, 0.3) is 11.1 Å². The van der Waals surface area contributed by atoms with Gasteiger partial charge in [0.2, 0.25) is 5.91 Å². The van der Waals surface area contributed by atoms with Gasteiger partial charge in [-0.2, -0.15) is 0 Å². The van der Waals surface area contributed by atoms with Crippen molar-refractivity contribution in [3.63, 3.8) is 0 Å². The van der Waals surface area contributed by atoms with Crippen molar-refractivity contribution in [3.8, 4) is 16.9 Å². The number of nitrogens with one attached hydrogen (secondary N) is 1. The lowest BCUT2D eigenvalue weighted by atomic mass is 10.0. The molecule has 1 N–H and O–H groups in total. The molecule has 1 aliphatic rings. The number of nitrogens with zero attached hydrogens (tertiary/aromatic N) is 3. The number of imide groups is 1. The minimum atomic E-state index is -0.424. The van der Waals surface area contributed by atoms with E-state index in [4.69, 9.17) is 4.74 Å². The summed E-state index contributed by atoms with van der Waals surface area (Å²) >= 11 is 0. The molecule has 168 valence electrons. The Kier molecular flexibility index (Phi) is 6.58. The van der Waals surface area contributed by atoms with Gasteiger partial charge in [0.25, 0.3) is 5.69 Å². The third kappa shape index (κ3) is 5.51. The maximum atomic E-state index is 12.2. The predicted molar refractivity (Wildman–Crippen MR) is 121 cm³/mol. The Morgan fingerprint density at radius 2 is 1.82 bits per heavy atom. The van der Waals surface area contributed by atoms with Crippen LogP contribution in [0.1, 0.15) is 12.0 Å². The number of pyridine rings is 1. The molecular formula is C24H22N4O5. The van der Waals surface area contributed by atoms with E-state index in [1.54, 1.807) is 36.7 Å². The van der Waals surface area contributed by atoms with E-state index in [9.17, 15) is 19.7 Å². The first-order valence-electron chi connectivity index (χ1n) is 10.5. The number of aromatic nitrogens is 1. The number of hydrogen-bond donors (Lipinski definition) is 1. The molecule has 0 spiro atoms. The summed E-state index contributed by atoms with van der Waals surface area (Å²) < 4.78 is 5.95. The van der Waals surface area contributed by atoms with Crippen molar-refractivity contribution in [2.45, 2.75) is 18.9 Å². The Labute approximate surface area is 190 Å². The minimum Gasteiger partial charge on any atom is -0.491 e. The molecular weight excluding hydrogens is 424 g/mol. The van der Waals surface area contributed by atoms with Gasteiger partial charge >= 0.3 is 6.03 Å². The molecule has 1 fully saturated rings. The number of carbonyl (C=O) groups excluding carboxylic acids is 2. The number of aryl methyl sites for hydroxylation is 1. The van der Waals surface area contributed by atoms with Gasteiger partial charge in [0.05, 0.1) is 11.0 Å². The number of rotatable bonds is 9. The SMILES string of the molecule is O=C1CN(C(CCc2ccncc2)COc2ccc(-c3cccc([N+](=O)[O-])c3)cc2)C(=O)N1. The zero-order valence-electron chi connectivity index (χ0n) is 17.7. The number of amides is 3. The van der Waals surface area contributed by atoms with E-state index in [0.717, 1.165) is 16.7 Å². The molecule has 33 heavy (non-hydrogen) atoms. The van der Waals surface area contributed by atoms with Gasteiger partial charge in [0.1, 0.15) is 18.9 Å². The number of hydrogen-bond acceptors (Lipinski definition) is 6. The van der Waals surface area contributed by atoms with E-state index in [0.29, 0.717) is 18.6 Å². The third-order valence-electron chi connectivity index (χ3n) is 5.46. The van der Waals surface area contributed by atoms with Gasteiger partial charge in [-0.25, -0.2) is 4.79 Å². The van der Waals surface area contributed by atoms with Crippen molar-refractivity contribution in [3.05, 3.63) is 88.7 Å². The Morgan fingerprint density at radius 1 is 1.06 bits per heavy atom. The van der Waals surface area contributed by atoms with Gasteiger partial charge < -0.3 is 9.64 Å². The van der Waals surface area contributed by atoms with Crippen molar-refractivity contribution in [1.82, 2.24) is 15.2 Å². The van der Waals surface area contributed by atoms with Gasteiger partial charge in [-0.1, -0.05) is 24.3 Å². The van der Waals surface area contributed by atoms with Gasteiger partial charge in [-0.15, -0.1) is 0 Å². The summed E-state index contributed by atoms with van der Waals surface area (Å²) in [6, 6.07) is 16.8. The first kappa shape index (κ1) is 21.9. The Hall–Kier alpha value is -4.27. The van der Waals surface area contributed by atoms with E-state index in [2.05, 4.69) is 10.3 Å². The van der Waals surface area contributed by atoms with Gasteiger partial charge in [-0.05, 0) is 53.8 Å². The number of benzene rings is 2. The molecule has 2 aromatic carbocycles. The van der Waals surface area contributed by atoms with Gasteiger partial charge in [0.15, 0.2) is 0 Å². The molecule has 3 aromatic rings. The highest BCUT2D eigenvalue weighted by Gasteiger charge is 2.33. The molecule has 1 aliphatic heterocycles. The topological polar surface area (TPSA) is 115 Å². The first-order valence-corrected chi connectivity index (χ1v) is 10.5. The van der Waals surface area contributed by atoms with Crippen LogP contribution in [0.15, 0.2) is 73.1 Å². The normalized spacial score (nSPS) is 14.1. The van der Waals surface area contributed by atoms with Crippen LogP contribution in [0.3, 0.4) is 0 Å². The molecule has 3 amide bonds. The largest absolute Gasteiger partial charge is 0.491 e. The van der Waals surface area contributed by atoms with Crippen LogP contribution in [0, 0.1) is 10.1 Å². The average molecular weight is 446 g/mol. The Balaban J connectivity index is 1.43. The van der Waals surface area contributed by atoms with Crippen molar-refractivity contribution >= 4 is 17.6 Å². The fraction of sp³-hybridized carbons (Fsp3) is 0.208. The second-order valence-corrected chi connectivity index (χ2v) is 7.67. The molecule has 1 saturated heterocycles. The van der Waals surface area contributed by atoms with Crippen LogP contribution in [-0.4, -0.2) is 45.9 Å². The molecule has 9 heteroatoms. The highest BCUT2D eigenvalue weighted by atomic mass is 16.6. The summed E-state index contributed by atoms with van der Waals surface area (Å²) in [5, 5.41) is 13.3. The second kappa shape index (κ2) is 9.90. The lowest BCUT2D eigenvalue weighted by molar-refractivity contribution is -0.384. The van der Waals surface area contributed by atoms with Crippen LogP contribution in [0.5, 0.6) is 5.75 Å². The van der Waals surface area contributed by atoms with Gasteiger partial charge in [0, 0.05) is 24.5 Å². The van der Waals surface area contributed by atoms with Crippen LogP contribution >= 0.6 is 0 Å². The number of non-ortho nitro benzene ring substituents is 1. The van der Waals surface area contributed by atoms with Crippen LogP contribution in [-0.2, 0) is 11.2 Å². The highest BCUT2D eigenvalue weighted by Crippen LogP contribution is 2.26. The molecule has 1 atom stereocenters. The molecule has 0 saturated carbocycles. The lowest BCUT2D eigenvalue weighted by Gasteiger charge is -2.26. The highest BCUT2D eigenvalue weighted by molar-refractivity contribution is 6.02. The van der Waals surface area contributed by atoms with Crippen molar-refractivity contribution < 1.29 is 19.2 Å². The van der Waals surface area contributed by atoms with E-state index in [-0.39, 0.29) is 30.8 Å². The smallest absolute Gasteiger partial charge is 0.324 e. The average Bonchev–Trinajstić information content (AvgIpc) is 3.17. The number of urea groups is 1. The van der Waals surface area contributed by atoms with Crippen LogP contribution < -0.4 is 10.1 Å². The number of ether oxygens (including phenoxy) is 1. The molecule has 0 radical (unpaired) electrons. The Morgan fingerprint density at radius 3 is 2.48 bits per heavy atom. The fourth-order valence-corrected chi connectivity index (χ4v) is 3.70. The van der Waals surface area contributed by atoms with Crippen molar-refractivity contribution in [2.24, 2.45) is 0 Å². The van der Waals surface area contributed by atoms with Crippen LogP contribution in [0.4, 0.5) is 10.5 Å². The van der Waals surface area contributed by atoms with Gasteiger partial charge in [-0.3, -0.25) is 25.2 Å². The summed E-state index contributed by atoms with van der Waals surface area (Å²) in [6.07, 6.45) is 4.77. The third-order valence-corrected chi connectivity index (χ3v) is 5.46. The summed E-state index contributed by atoms with van der Waals surface area (Å²) in [5.74, 6) is 0.277. The number of nitro groups is 1. The maximum absolute atomic E-state index is 12.2. The number of carbonyl (C=O) groups is 2. The zero-order chi connectivity index (χ0) is 23.2. The summed E-state index contributed by atoms with van der Waals surface area (Å²) in [5.41, 5.74) is 2.67. The minimum absolute atomic E-state index is 0.00886. The van der Waals surface area contributed by atoms with E-state index < -0.39 is 11.0 Å². The van der Waals surface area contributed by atoms with Crippen molar-refractivity contribution in [1.29, 1.82) is 0 Å². The molecule has 9 nitrogen and oxygen atoms in total. The van der Waals surface area contributed by atoms with Crippen LogP contribution in [0.2, 0.25) is 0 Å². The molecule has 1 aromatic heterocycles. The molecule has 0 bridgehead atoms. The van der Waals surface area contributed by atoms with Crippen molar-refractivity contribution in [2.75, 3.05) is 13.2 Å². The second-order valence-electron chi connectivity index (χ2n) is 7.67. The van der Waals surface area contributed by atoms with E-state index >= 15 is 0 Å². The number of nitro benzene ring substituents is 1. The maximum Gasteiger partial charge on any atom is 0.324 e. The Bertz CT molecular complexity index is 1150. The molecule has 4 rings (SSSR count). The predicted octanol–water partition coefficient (Wildman–Crippen LogP) is 3.59. The quantitative estimate of drug-likeness (QED) is 0.305. The van der Waals surface area contributed by atoms with E-state index in [1.165, 1.54) is 17.0 Å². The standard InChI is InChI=1S/C24H22N4O5/c29-23-15-27(24(30)26-23)21(7-4-17-10-12-25-13-11-17)16-33-22-8-5-18(6-9-22)19-2-1-3-20(14-19)28(31)32/h1-3,5-6,8-14,21H,4,7,15-16H2,(H,26,29,30). The first-order chi connectivity index (χ1) is 16.0. The summed E-state index contributed by atoms with van der Waals surface area (Å²) in [4.78, 5) is 40.0. The molecule has 2 heterocycles. The molecule has 1 unspecified atom stereocenters. The van der Waals surface area contributed by atoms with E-state index in [1.807, 2.05) is 24.3 Å². The summed E-state index contributed by atoms with van der Waals surface area (Å²) in [6.45, 7) is 0.233.